The van der Waals surface area contributed by atoms with E-state index in [9.17, 15) is 13.4 Å². The van der Waals surface area contributed by atoms with Gasteiger partial charge in [0, 0.05) is 0 Å². The van der Waals surface area contributed by atoms with Crippen LogP contribution in [0.25, 0.3) is 0 Å². The van der Waals surface area contributed by atoms with Gasteiger partial charge in [-0.2, -0.15) is 0 Å². The number of rotatable bonds is 8. The number of unbranched alkanes of at least 4 members (excludes halogenated alkanes) is 1. The Bertz CT molecular complexity index is 185. The third-order valence-electron chi connectivity index (χ3n) is 1.82. The molecule has 13 heavy (non-hydrogen) atoms. The summed E-state index contributed by atoms with van der Waals surface area (Å²) in [4.78, 5) is 0. The van der Waals surface area contributed by atoms with Crippen LogP contribution in [0.2, 0.25) is 12.6 Å². The van der Waals surface area contributed by atoms with Gasteiger partial charge in [-0.1, -0.05) is 19.0 Å². The molecule has 4 nitrogen and oxygen atoms in total. The fraction of sp³-hybridized carbons (Fsp3) is 1.00. The Labute approximate surface area is 84.8 Å². The van der Waals surface area contributed by atoms with Gasteiger partial charge in [-0.3, -0.25) is 0 Å². The van der Waals surface area contributed by atoms with Crippen LogP contribution in [0.15, 0.2) is 0 Å². The highest BCUT2D eigenvalue weighted by atomic mass is 29.6. The fourth-order valence-corrected chi connectivity index (χ4v) is 8.38. The van der Waals surface area contributed by atoms with Crippen molar-refractivity contribution in [3.63, 3.8) is 0 Å². The molecule has 0 aromatic carbocycles. The fourth-order valence-electron chi connectivity index (χ4n) is 0.942. The van der Waals surface area contributed by atoms with E-state index in [0.717, 1.165) is 18.9 Å². The summed E-state index contributed by atoms with van der Waals surface area (Å²) < 4.78 is 36.2. The first kappa shape index (κ1) is 13.1. The normalized spacial score (nSPS) is 11.8. The van der Waals surface area contributed by atoms with E-state index in [2.05, 4.69) is 0 Å². The van der Waals surface area contributed by atoms with Crippen LogP contribution in [0.4, 0.5) is 0 Å². The second-order valence-corrected chi connectivity index (χ2v) is 15.9. The minimum Gasteiger partial charge on any atom is -0.526 e. The molecular formula is C5H14O4Si4. The van der Waals surface area contributed by atoms with Gasteiger partial charge in [-0.25, -0.2) is 0 Å². The Hall–Kier alpha value is 0.0675. The zero-order chi connectivity index (χ0) is 10.1. The molecule has 0 fully saturated rings. The molecule has 0 heterocycles. The summed E-state index contributed by atoms with van der Waals surface area (Å²) >= 11 is 0. The first-order valence-electron chi connectivity index (χ1n) is 4.26. The molecule has 0 spiro atoms. The van der Waals surface area contributed by atoms with Gasteiger partial charge in [0.05, 0.1) is 14.9 Å². The molecule has 0 amide bonds. The van der Waals surface area contributed by atoms with Crippen molar-refractivity contribution in [3.05, 3.63) is 0 Å². The van der Waals surface area contributed by atoms with Gasteiger partial charge >= 0.3 is 18.6 Å². The van der Waals surface area contributed by atoms with E-state index in [1.165, 1.54) is 0 Å². The van der Waals surface area contributed by atoms with E-state index in [1.54, 1.807) is 0 Å². The van der Waals surface area contributed by atoms with Gasteiger partial charge in [-0.05, 0) is 6.42 Å². The van der Waals surface area contributed by atoms with Crippen molar-refractivity contribution in [2.45, 2.75) is 25.4 Å². The van der Waals surface area contributed by atoms with Crippen LogP contribution in [0.3, 0.4) is 0 Å². The molecule has 0 aromatic rings. The molecule has 0 saturated carbocycles. The Morgan fingerprint density at radius 1 is 1.38 bits per heavy atom. The smallest absolute Gasteiger partial charge is 0.487 e. The number of hydrogen-bond acceptors (Lipinski definition) is 4. The predicted octanol–water partition coefficient (Wildman–Crippen LogP) is -0.884. The summed E-state index contributed by atoms with van der Waals surface area (Å²) in [5, 5.41) is 0. The Morgan fingerprint density at radius 2 is 2.08 bits per heavy atom. The van der Waals surface area contributed by atoms with Crippen molar-refractivity contribution in [3.8, 4) is 0 Å². The largest absolute Gasteiger partial charge is 0.526 e. The average molecular weight is 251 g/mol. The van der Waals surface area contributed by atoms with Crippen LogP contribution in [-0.4, -0.2) is 41.2 Å². The minimum atomic E-state index is -1.68. The standard InChI is InChI=1S/C5H14O4Si4/c1-12(13(8)11-7)5-3-2-4-9-10-6/h10-12H,2-5H2,1H3. The molecule has 0 aliphatic rings. The lowest BCUT2D eigenvalue weighted by Gasteiger charge is -2.02. The van der Waals surface area contributed by atoms with Crippen LogP contribution in [-0.2, 0) is 17.8 Å². The Kier molecular flexibility index (Phi) is 8.70. The van der Waals surface area contributed by atoms with E-state index in [1.807, 2.05) is 6.55 Å². The summed E-state index contributed by atoms with van der Waals surface area (Å²) in [6.07, 6.45) is 1.83. The predicted molar refractivity (Wildman–Crippen MR) is 55.1 cm³/mol. The van der Waals surface area contributed by atoms with Crippen molar-refractivity contribution < 1.29 is 17.8 Å². The summed E-state index contributed by atoms with van der Waals surface area (Å²) in [5.74, 6) is 0. The molecule has 74 valence electrons. The quantitative estimate of drug-likeness (QED) is 0.414. The monoisotopic (exact) mass is 250 g/mol. The molecule has 0 bridgehead atoms. The molecule has 1 unspecified atom stereocenters. The first-order chi connectivity index (χ1) is 6.22. The maximum Gasteiger partial charge on any atom is 0.487 e. The highest BCUT2D eigenvalue weighted by molar-refractivity contribution is 7.35. The van der Waals surface area contributed by atoms with Gasteiger partial charge in [0.2, 0.25) is 0 Å². The molecule has 0 saturated heterocycles. The molecule has 0 aliphatic carbocycles. The maximum absolute atomic E-state index is 11.1. The van der Waals surface area contributed by atoms with E-state index >= 15 is 0 Å². The molecular weight excluding hydrogens is 236 g/mol. The van der Waals surface area contributed by atoms with Gasteiger partial charge in [0.15, 0.2) is 0 Å². The van der Waals surface area contributed by atoms with E-state index in [0.29, 0.717) is 6.61 Å². The van der Waals surface area contributed by atoms with Gasteiger partial charge in [-0.15, -0.1) is 0 Å². The summed E-state index contributed by atoms with van der Waals surface area (Å²) in [5.41, 5.74) is 0. The second kappa shape index (κ2) is 8.66. The molecule has 0 rings (SSSR count). The van der Waals surface area contributed by atoms with Crippen molar-refractivity contribution in [2.75, 3.05) is 6.61 Å². The van der Waals surface area contributed by atoms with Crippen molar-refractivity contribution in [2.24, 2.45) is 0 Å². The minimum absolute atomic E-state index is 0.533. The Balaban J connectivity index is 3.36. The summed E-state index contributed by atoms with van der Waals surface area (Å²) in [6.45, 7) is 2.54. The lowest BCUT2D eigenvalue weighted by molar-refractivity contribution is 0.301. The van der Waals surface area contributed by atoms with Gasteiger partial charge in [0.1, 0.15) is 0 Å². The molecule has 8 heteroatoms. The van der Waals surface area contributed by atoms with Gasteiger partial charge in [0.25, 0.3) is 7.72 Å². The van der Waals surface area contributed by atoms with Gasteiger partial charge < -0.3 is 17.8 Å². The van der Waals surface area contributed by atoms with E-state index in [4.69, 9.17) is 4.43 Å². The molecule has 0 N–H and O–H groups in total. The van der Waals surface area contributed by atoms with Crippen LogP contribution < -0.4 is 0 Å². The summed E-state index contributed by atoms with van der Waals surface area (Å²) in [7, 11) is -5.00. The lowest BCUT2D eigenvalue weighted by atomic mass is 10.4. The molecule has 0 aliphatic heterocycles. The van der Waals surface area contributed by atoms with Crippen molar-refractivity contribution in [1.29, 1.82) is 0 Å². The summed E-state index contributed by atoms with van der Waals surface area (Å²) in [6, 6.07) is 0.963. The lowest BCUT2D eigenvalue weighted by Crippen LogP contribution is -2.26. The van der Waals surface area contributed by atoms with Crippen molar-refractivity contribution in [1.82, 2.24) is 0 Å². The highest BCUT2D eigenvalue weighted by Gasteiger charge is 2.15. The zero-order valence-corrected chi connectivity index (χ0v) is 12.2. The third kappa shape index (κ3) is 7.16. The number of hydrogen-bond donors (Lipinski definition) is 0. The molecule has 0 aromatic heterocycles. The van der Waals surface area contributed by atoms with E-state index in [-0.39, 0.29) is 0 Å². The Morgan fingerprint density at radius 3 is 2.62 bits per heavy atom. The molecule has 1 atom stereocenters. The average Bonchev–Trinajstić information content (AvgIpc) is 2.16. The van der Waals surface area contributed by atoms with Crippen LogP contribution in [0.5, 0.6) is 0 Å². The highest BCUT2D eigenvalue weighted by Crippen LogP contribution is 2.00. The SMILES string of the molecule is C[SiH](CCCCO[SiH]=O)[Si](=O)[SiH]=O. The van der Waals surface area contributed by atoms with Crippen LogP contribution in [0, 0.1) is 0 Å². The van der Waals surface area contributed by atoms with Crippen LogP contribution >= 0.6 is 0 Å². The van der Waals surface area contributed by atoms with E-state index < -0.39 is 34.6 Å². The van der Waals surface area contributed by atoms with Crippen molar-refractivity contribution >= 4 is 34.6 Å². The second-order valence-electron chi connectivity index (χ2n) is 2.88. The maximum atomic E-state index is 11.1. The topological polar surface area (TPSA) is 60.4 Å². The zero-order valence-electron chi connectivity index (χ0n) is 7.69. The molecule has 0 radical (unpaired) electrons. The third-order valence-corrected chi connectivity index (χ3v) is 15.5. The van der Waals surface area contributed by atoms with Crippen LogP contribution in [0.1, 0.15) is 12.8 Å². The first-order valence-corrected chi connectivity index (χ1v) is 12.7.